The molecule has 0 saturated carbocycles. The molecule has 2 aromatic carbocycles. The Balaban J connectivity index is 1.57. The van der Waals surface area contributed by atoms with Gasteiger partial charge in [-0.1, -0.05) is 43.3 Å². The lowest BCUT2D eigenvalue weighted by Crippen LogP contribution is -2.24. The highest BCUT2D eigenvalue weighted by atomic mass is 35.5. The zero-order chi connectivity index (χ0) is 22.3. The first kappa shape index (κ1) is 23.1. The summed E-state index contributed by atoms with van der Waals surface area (Å²) in [6, 6.07) is 15.7. The van der Waals surface area contributed by atoms with Crippen molar-refractivity contribution in [2.45, 2.75) is 38.0 Å². The summed E-state index contributed by atoms with van der Waals surface area (Å²) in [7, 11) is 0. The summed E-state index contributed by atoms with van der Waals surface area (Å²) in [6.07, 6.45) is 1.91. The predicted molar refractivity (Wildman–Crippen MR) is 119 cm³/mol. The molecule has 0 bridgehead atoms. The zero-order valence-electron chi connectivity index (χ0n) is 17.7. The lowest BCUT2D eigenvalue weighted by atomic mass is 9.78. The Kier molecular flexibility index (Phi) is 7.90. The predicted octanol–water partition coefficient (Wildman–Crippen LogP) is 3.02. The van der Waals surface area contributed by atoms with Crippen LogP contribution in [0.2, 0.25) is 0 Å². The molecule has 0 amide bonds. The van der Waals surface area contributed by atoms with Crippen LogP contribution in [0.3, 0.4) is 0 Å². The van der Waals surface area contributed by atoms with Gasteiger partial charge in [0.05, 0.1) is 18.6 Å². The summed E-state index contributed by atoms with van der Waals surface area (Å²) in [4.78, 5) is 0. The molecule has 0 aliphatic heterocycles. The second-order valence-corrected chi connectivity index (χ2v) is 8.19. The van der Waals surface area contributed by atoms with Gasteiger partial charge in [0.25, 0.3) is 0 Å². The largest absolute Gasteiger partial charge is 0.491 e. The van der Waals surface area contributed by atoms with Crippen molar-refractivity contribution >= 4 is 11.6 Å². The van der Waals surface area contributed by atoms with Crippen molar-refractivity contribution in [3.63, 3.8) is 0 Å². The second kappa shape index (κ2) is 10.6. The van der Waals surface area contributed by atoms with Crippen LogP contribution in [0.4, 0.5) is 0 Å². The van der Waals surface area contributed by atoms with Gasteiger partial charge in [-0.05, 0) is 35.4 Å². The number of hydrogen-bond donors (Lipinski definition) is 2. The topological polar surface area (TPSA) is 89.6 Å². The molecule has 0 unspecified atom stereocenters. The first-order chi connectivity index (χ1) is 14.9. The Morgan fingerprint density at radius 3 is 1.87 bits per heavy atom. The van der Waals surface area contributed by atoms with E-state index >= 15 is 0 Å². The van der Waals surface area contributed by atoms with E-state index < -0.39 is 12.2 Å². The standard InChI is InChI=1S/C23H28ClN3O4/c1-23(2,17-3-7-21(8-4-17)30-15-19(28)13-24)18-5-9-22(10-6-18)31-16-20(29)14-27-12-11-25-26-27/h3-12,19-20,28-29H,13-16H2,1-2H3/t19-,20-/m1/s1. The van der Waals surface area contributed by atoms with Gasteiger partial charge in [-0.2, -0.15) is 0 Å². The Labute approximate surface area is 187 Å². The highest BCUT2D eigenvalue weighted by Crippen LogP contribution is 2.33. The number of benzene rings is 2. The molecule has 3 aromatic rings. The molecule has 7 nitrogen and oxygen atoms in total. The summed E-state index contributed by atoms with van der Waals surface area (Å²) >= 11 is 5.59. The number of aliphatic hydroxyl groups is 2. The zero-order valence-corrected chi connectivity index (χ0v) is 18.4. The van der Waals surface area contributed by atoms with E-state index in [1.807, 2.05) is 48.5 Å². The van der Waals surface area contributed by atoms with Crippen LogP contribution in [0.25, 0.3) is 0 Å². The van der Waals surface area contributed by atoms with Gasteiger partial charge in [0, 0.05) is 11.6 Å². The second-order valence-electron chi connectivity index (χ2n) is 7.88. The molecule has 3 rings (SSSR count). The molecule has 166 valence electrons. The van der Waals surface area contributed by atoms with Gasteiger partial charge in [-0.3, -0.25) is 0 Å². The van der Waals surface area contributed by atoms with Crippen molar-refractivity contribution in [3.8, 4) is 11.5 Å². The molecule has 0 aliphatic rings. The maximum absolute atomic E-state index is 10.1. The fraction of sp³-hybridized carbons (Fsp3) is 0.391. The van der Waals surface area contributed by atoms with E-state index in [-0.39, 0.29) is 24.5 Å². The molecular weight excluding hydrogens is 418 g/mol. The molecule has 0 radical (unpaired) electrons. The quantitative estimate of drug-likeness (QED) is 0.441. The van der Waals surface area contributed by atoms with Crippen LogP contribution in [0.15, 0.2) is 60.9 Å². The minimum Gasteiger partial charge on any atom is -0.491 e. The number of aromatic nitrogens is 3. The van der Waals surface area contributed by atoms with Crippen LogP contribution in [-0.2, 0) is 12.0 Å². The van der Waals surface area contributed by atoms with E-state index in [0.717, 1.165) is 11.1 Å². The smallest absolute Gasteiger partial charge is 0.119 e. The minimum atomic E-state index is -0.679. The van der Waals surface area contributed by atoms with Crippen molar-refractivity contribution in [3.05, 3.63) is 72.1 Å². The van der Waals surface area contributed by atoms with Gasteiger partial charge in [0.15, 0.2) is 0 Å². The third-order valence-corrected chi connectivity index (χ3v) is 5.44. The summed E-state index contributed by atoms with van der Waals surface area (Å²) < 4.78 is 12.8. The van der Waals surface area contributed by atoms with E-state index in [1.54, 1.807) is 17.1 Å². The number of aliphatic hydroxyl groups excluding tert-OH is 2. The van der Waals surface area contributed by atoms with E-state index in [4.69, 9.17) is 21.1 Å². The molecule has 0 spiro atoms. The SMILES string of the molecule is CC(C)(c1ccc(OC[C@H](O)CCl)cc1)c1ccc(OC[C@H](O)Cn2ccnn2)cc1. The third kappa shape index (κ3) is 6.43. The van der Waals surface area contributed by atoms with Gasteiger partial charge in [0.1, 0.15) is 36.9 Å². The molecule has 2 atom stereocenters. The maximum Gasteiger partial charge on any atom is 0.119 e. The fourth-order valence-corrected chi connectivity index (χ4v) is 3.22. The third-order valence-electron chi connectivity index (χ3n) is 5.08. The summed E-state index contributed by atoms with van der Waals surface area (Å²) in [6.45, 7) is 4.97. The van der Waals surface area contributed by atoms with Crippen LogP contribution in [0.5, 0.6) is 11.5 Å². The lowest BCUT2D eigenvalue weighted by Gasteiger charge is -2.26. The molecule has 8 heteroatoms. The number of hydrogen-bond acceptors (Lipinski definition) is 6. The van der Waals surface area contributed by atoms with Crippen LogP contribution in [0.1, 0.15) is 25.0 Å². The highest BCUT2D eigenvalue weighted by molar-refractivity contribution is 6.18. The Hall–Kier alpha value is -2.61. The number of rotatable bonds is 11. The molecule has 2 N–H and O–H groups in total. The van der Waals surface area contributed by atoms with Crippen LogP contribution in [-0.4, -0.2) is 56.5 Å². The van der Waals surface area contributed by atoms with E-state index in [1.165, 1.54) is 0 Å². The van der Waals surface area contributed by atoms with Crippen LogP contribution < -0.4 is 9.47 Å². The van der Waals surface area contributed by atoms with Gasteiger partial charge < -0.3 is 19.7 Å². The van der Waals surface area contributed by atoms with Crippen molar-refractivity contribution in [1.82, 2.24) is 15.0 Å². The van der Waals surface area contributed by atoms with Crippen molar-refractivity contribution in [1.29, 1.82) is 0 Å². The van der Waals surface area contributed by atoms with Crippen molar-refractivity contribution in [2.24, 2.45) is 0 Å². The average molecular weight is 446 g/mol. The maximum atomic E-state index is 10.1. The summed E-state index contributed by atoms with van der Waals surface area (Å²) in [5.74, 6) is 1.53. The molecule has 0 fully saturated rings. The summed E-state index contributed by atoms with van der Waals surface area (Å²) in [5, 5.41) is 27.1. The Morgan fingerprint density at radius 2 is 1.42 bits per heavy atom. The van der Waals surface area contributed by atoms with Gasteiger partial charge >= 0.3 is 0 Å². The number of nitrogens with zero attached hydrogens (tertiary/aromatic N) is 3. The first-order valence-corrected chi connectivity index (χ1v) is 10.6. The van der Waals surface area contributed by atoms with Crippen LogP contribution >= 0.6 is 11.6 Å². The van der Waals surface area contributed by atoms with E-state index in [2.05, 4.69) is 24.2 Å². The van der Waals surface area contributed by atoms with E-state index in [0.29, 0.717) is 18.0 Å². The fourth-order valence-electron chi connectivity index (χ4n) is 3.13. The summed E-state index contributed by atoms with van der Waals surface area (Å²) in [5.41, 5.74) is 2.04. The van der Waals surface area contributed by atoms with Gasteiger partial charge in [-0.25, -0.2) is 4.68 Å². The molecule has 0 saturated heterocycles. The van der Waals surface area contributed by atoms with E-state index in [9.17, 15) is 10.2 Å². The van der Waals surface area contributed by atoms with Crippen molar-refractivity contribution < 1.29 is 19.7 Å². The molecule has 1 heterocycles. The number of ether oxygens (including phenoxy) is 2. The number of alkyl halides is 1. The first-order valence-electron chi connectivity index (χ1n) is 10.1. The van der Waals surface area contributed by atoms with Crippen LogP contribution in [0, 0.1) is 0 Å². The minimum absolute atomic E-state index is 0.144. The number of halogens is 1. The average Bonchev–Trinajstić information content (AvgIpc) is 3.29. The Bertz CT molecular complexity index is 915. The van der Waals surface area contributed by atoms with Crippen molar-refractivity contribution in [2.75, 3.05) is 19.1 Å². The Morgan fingerprint density at radius 1 is 0.903 bits per heavy atom. The monoisotopic (exact) mass is 445 g/mol. The van der Waals surface area contributed by atoms with Gasteiger partial charge in [-0.15, -0.1) is 16.7 Å². The lowest BCUT2D eigenvalue weighted by molar-refractivity contribution is 0.0888. The highest BCUT2D eigenvalue weighted by Gasteiger charge is 2.23. The molecular formula is C23H28ClN3O4. The normalized spacial score (nSPS) is 13.6. The molecule has 31 heavy (non-hydrogen) atoms. The molecule has 0 aliphatic carbocycles. The van der Waals surface area contributed by atoms with Gasteiger partial charge in [0.2, 0.25) is 0 Å². The molecule has 1 aromatic heterocycles.